The Bertz CT molecular complexity index is 849. The summed E-state index contributed by atoms with van der Waals surface area (Å²) in [5.41, 5.74) is 0.984. The predicted molar refractivity (Wildman–Crippen MR) is 96.4 cm³/mol. The largest absolute Gasteiger partial charge is 0.471 e. The Morgan fingerprint density at radius 3 is 2.71 bits per heavy atom. The molecule has 1 aromatic heterocycles. The maximum Gasteiger partial charge on any atom is 0.257 e. The van der Waals surface area contributed by atoms with E-state index in [4.69, 9.17) is 16.3 Å². The zero-order valence-corrected chi connectivity index (χ0v) is 14.8. The standard InChI is InChI=1S/C17H13BrClN3O2/c18-12-5-7-14(8-6-12)24-11-22-10-13(9-20-22)21-17(23)15-3-1-2-4-16(15)19/h1-10H,11H2,(H,21,23). The quantitative estimate of drug-likeness (QED) is 0.674. The minimum Gasteiger partial charge on any atom is -0.471 e. The molecule has 2 aromatic carbocycles. The van der Waals surface area contributed by atoms with Gasteiger partial charge in [0.2, 0.25) is 0 Å². The van der Waals surface area contributed by atoms with E-state index in [0.717, 1.165) is 10.2 Å². The summed E-state index contributed by atoms with van der Waals surface area (Å²) in [6, 6.07) is 14.4. The number of carbonyl (C=O) groups excluding carboxylic acids is 1. The first-order valence-electron chi connectivity index (χ1n) is 7.08. The summed E-state index contributed by atoms with van der Waals surface area (Å²) in [6.45, 7) is 0.240. The van der Waals surface area contributed by atoms with Crippen LogP contribution in [0, 0.1) is 0 Å². The summed E-state index contributed by atoms with van der Waals surface area (Å²) >= 11 is 9.38. The molecule has 1 heterocycles. The fourth-order valence-corrected chi connectivity index (χ4v) is 2.50. The molecule has 0 radical (unpaired) electrons. The van der Waals surface area contributed by atoms with Crippen molar-refractivity contribution < 1.29 is 9.53 Å². The van der Waals surface area contributed by atoms with E-state index in [1.807, 2.05) is 24.3 Å². The first kappa shape index (κ1) is 16.5. The van der Waals surface area contributed by atoms with Gasteiger partial charge in [-0.05, 0) is 36.4 Å². The second-order valence-corrected chi connectivity index (χ2v) is 6.25. The second-order valence-electron chi connectivity index (χ2n) is 4.93. The highest BCUT2D eigenvalue weighted by Gasteiger charge is 2.10. The van der Waals surface area contributed by atoms with Crippen LogP contribution in [0.2, 0.25) is 5.02 Å². The van der Waals surface area contributed by atoms with Crippen LogP contribution in [0.4, 0.5) is 5.69 Å². The summed E-state index contributed by atoms with van der Waals surface area (Å²) in [5.74, 6) is 0.448. The lowest BCUT2D eigenvalue weighted by molar-refractivity contribution is 0.102. The van der Waals surface area contributed by atoms with E-state index in [2.05, 4.69) is 26.3 Å². The van der Waals surface area contributed by atoms with Gasteiger partial charge in [-0.3, -0.25) is 4.79 Å². The van der Waals surface area contributed by atoms with Gasteiger partial charge in [-0.15, -0.1) is 0 Å². The van der Waals surface area contributed by atoms with E-state index >= 15 is 0 Å². The molecule has 0 saturated carbocycles. The average Bonchev–Trinajstić information content (AvgIpc) is 3.02. The zero-order valence-electron chi connectivity index (χ0n) is 12.4. The Morgan fingerprint density at radius 1 is 1.21 bits per heavy atom. The summed E-state index contributed by atoms with van der Waals surface area (Å²) in [6.07, 6.45) is 3.24. The van der Waals surface area contributed by atoms with Crippen molar-refractivity contribution in [2.75, 3.05) is 5.32 Å². The van der Waals surface area contributed by atoms with Crippen molar-refractivity contribution in [2.45, 2.75) is 6.73 Å². The Balaban J connectivity index is 1.60. The van der Waals surface area contributed by atoms with E-state index in [1.165, 1.54) is 0 Å². The van der Waals surface area contributed by atoms with Crippen molar-refractivity contribution in [3.8, 4) is 5.75 Å². The summed E-state index contributed by atoms with van der Waals surface area (Å²) in [7, 11) is 0. The van der Waals surface area contributed by atoms with Crippen LogP contribution in [0.5, 0.6) is 5.75 Å². The lowest BCUT2D eigenvalue weighted by atomic mass is 10.2. The minimum atomic E-state index is -0.283. The maximum atomic E-state index is 12.2. The Morgan fingerprint density at radius 2 is 1.96 bits per heavy atom. The molecule has 3 aromatic rings. The van der Waals surface area contributed by atoms with Crippen molar-refractivity contribution in [1.82, 2.24) is 9.78 Å². The SMILES string of the molecule is O=C(Nc1cnn(COc2ccc(Br)cc2)c1)c1ccccc1Cl. The number of aromatic nitrogens is 2. The zero-order chi connectivity index (χ0) is 16.9. The normalized spacial score (nSPS) is 10.4. The smallest absolute Gasteiger partial charge is 0.257 e. The number of benzene rings is 2. The topological polar surface area (TPSA) is 56.2 Å². The molecule has 3 rings (SSSR count). The second kappa shape index (κ2) is 7.51. The van der Waals surface area contributed by atoms with Crippen LogP contribution < -0.4 is 10.1 Å². The molecular weight excluding hydrogens is 394 g/mol. The number of hydrogen-bond donors (Lipinski definition) is 1. The maximum absolute atomic E-state index is 12.2. The molecule has 0 aliphatic heterocycles. The van der Waals surface area contributed by atoms with Crippen molar-refractivity contribution >= 4 is 39.1 Å². The summed E-state index contributed by atoms with van der Waals surface area (Å²) < 4.78 is 8.19. The van der Waals surface area contributed by atoms with Gasteiger partial charge in [-0.25, -0.2) is 4.68 Å². The molecule has 0 unspecified atom stereocenters. The number of carbonyl (C=O) groups is 1. The van der Waals surface area contributed by atoms with Gasteiger partial charge in [0.25, 0.3) is 5.91 Å². The van der Waals surface area contributed by atoms with Gasteiger partial charge in [0, 0.05) is 4.47 Å². The van der Waals surface area contributed by atoms with Crippen LogP contribution >= 0.6 is 27.5 Å². The number of rotatable bonds is 5. The lowest BCUT2D eigenvalue weighted by Crippen LogP contribution is -2.12. The van der Waals surface area contributed by atoms with Crippen LogP contribution in [0.25, 0.3) is 0 Å². The van der Waals surface area contributed by atoms with E-state index in [9.17, 15) is 4.79 Å². The van der Waals surface area contributed by atoms with E-state index in [-0.39, 0.29) is 12.6 Å². The van der Waals surface area contributed by atoms with Crippen LogP contribution in [-0.4, -0.2) is 15.7 Å². The Labute approximate surface area is 152 Å². The monoisotopic (exact) mass is 405 g/mol. The van der Waals surface area contributed by atoms with Gasteiger partial charge in [-0.1, -0.05) is 39.7 Å². The molecular formula is C17H13BrClN3O2. The Hall–Kier alpha value is -2.31. The highest BCUT2D eigenvalue weighted by molar-refractivity contribution is 9.10. The van der Waals surface area contributed by atoms with Crippen LogP contribution in [0.1, 0.15) is 10.4 Å². The third-order valence-corrected chi connectivity index (χ3v) is 4.04. The summed E-state index contributed by atoms with van der Waals surface area (Å²) in [5, 5.41) is 7.31. The van der Waals surface area contributed by atoms with Crippen LogP contribution in [-0.2, 0) is 6.73 Å². The van der Waals surface area contributed by atoms with Crippen molar-refractivity contribution in [3.63, 3.8) is 0 Å². The molecule has 5 nitrogen and oxygen atoms in total. The third kappa shape index (κ3) is 4.15. The van der Waals surface area contributed by atoms with Crippen molar-refractivity contribution in [2.24, 2.45) is 0 Å². The lowest BCUT2D eigenvalue weighted by Gasteiger charge is -2.06. The Kier molecular flexibility index (Phi) is 5.17. The average molecular weight is 407 g/mol. The van der Waals surface area contributed by atoms with Crippen molar-refractivity contribution in [3.05, 3.63) is 76.0 Å². The summed E-state index contributed by atoms with van der Waals surface area (Å²) in [4.78, 5) is 12.2. The fourth-order valence-electron chi connectivity index (χ4n) is 2.01. The van der Waals surface area contributed by atoms with E-state index in [0.29, 0.717) is 16.3 Å². The number of halogens is 2. The van der Waals surface area contributed by atoms with Gasteiger partial charge >= 0.3 is 0 Å². The van der Waals surface area contributed by atoms with E-state index in [1.54, 1.807) is 41.3 Å². The van der Waals surface area contributed by atoms with Gasteiger partial charge in [0.05, 0.1) is 28.7 Å². The van der Waals surface area contributed by atoms with Gasteiger partial charge in [-0.2, -0.15) is 5.10 Å². The number of nitrogens with one attached hydrogen (secondary N) is 1. The molecule has 1 amide bonds. The molecule has 122 valence electrons. The van der Waals surface area contributed by atoms with Gasteiger partial charge < -0.3 is 10.1 Å². The van der Waals surface area contributed by atoms with Gasteiger partial charge in [0.1, 0.15) is 5.75 Å². The van der Waals surface area contributed by atoms with Gasteiger partial charge in [0.15, 0.2) is 6.73 Å². The number of hydrogen-bond acceptors (Lipinski definition) is 3. The predicted octanol–water partition coefficient (Wildman–Crippen LogP) is 4.59. The highest BCUT2D eigenvalue weighted by Crippen LogP contribution is 2.18. The highest BCUT2D eigenvalue weighted by atomic mass is 79.9. The molecule has 0 saturated heterocycles. The van der Waals surface area contributed by atoms with Crippen LogP contribution in [0.15, 0.2) is 65.4 Å². The minimum absolute atomic E-state index is 0.240. The first-order valence-corrected chi connectivity index (χ1v) is 8.25. The molecule has 0 atom stereocenters. The fraction of sp³-hybridized carbons (Fsp3) is 0.0588. The molecule has 0 aliphatic carbocycles. The molecule has 0 bridgehead atoms. The number of amides is 1. The molecule has 0 fully saturated rings. The number of nitrogens with zero attached hydrogens (tertiary/aromatic N) is 2. The number of anilines is 1. The molecule has 0 spiro atoms. The van der Waals surface area contributed by atoms with E-state index < -0.39 is 0 Å². The molecule has 1 N–H and O–H groups in total. The first-order chi connectivity index (χ1) is 11.6. The molecule has 0 aliphatic rings. The van der Waals surface area contributed by atoms with Crippen molar-refractivity contribution in [1.29, 1.82) is 0 Å². The molecule has 24 heavy (non-hydrogen) atoms. The number of ether oxygens (including phenoxy) is 1. The third-order valence-electron chi connectivity index (χ3n) is 3.19. The van der Waals surface area contributed by atoms with Crippen LogP contribution in [0.3, 0.4) is 0 Å². The molecule has 7 heteroatoms.